The molecule has 220 valence electrons. The second-order valence-electron chi connectivity index (χ2n) is 9.81. The van der Waals surface area contributed by atoms with Crippen molar-refractivity contribution in [1.29, 1.82) is 0 Å². The summed E-state index contributed by atoms with van der Waals surface area (Å²) in [6.07, 6.45) is 10.2. The fraction of sp³-hybridized carbons (Fsp3) is 0.241. The van der Waals surface area contributed by atoms with Crippen molar-refractivity contribution in [3.8, 4) is 35.3 Å². The van der Waals surface area contributed by atoms with Crippen LogP contribution in [0.25, 0.3) is 0 Å². The van der Waals surface area contributed by atoms with Crippen molar-refractivity contribution in [3.63, 3.8) is 0 Å². The van der Waals surface area contributed by atoms with Crippen molar-refractivity contribution < 1.29 is 119 Å². The van der Waals surface area contributed by atoms with Crippen LogP contribution < -0.4 is 125 Å². The summed E-state index contributed by atoms with van der Waals surface area (Å²) in [6.45, 7) is 14.7. The monoisotopic (exact) mass is 780 g/mol. The molecule has 3 heterocycles. The normalized spacial score (nSPS) is 8.65. The van der Waals surface area contributed by atoms with Crippen LogP contribution in [0.2, 0.25) is 39.3 Å². The quantitative estimate of drug-likeness (QED) is 0.0649. The first kappa shape index (κ1) is 49.3. The number of terminal acetylenes is 1. The maximum absolute atomic E-state index is 8.64. The Bertz CT molecular complexity index is 1310. The van der Waals surface area contributed by atoms with Crippen molar-refractivity contribution in [3.05, 3.63) is 69.7 Å². The molecule has 0 atom stereocenters. The number of nitrogens with two attached hydrogens (primary N) is 3. The molecule has 3 rings (SSSR count). The van der Waals surface area contributed by atoms with Crippen LogP contribution in [0.1, 0.15) is 19.5 Å². The van der Waals surface area contributed by atoms with E-state index in [4.69, 9.17) is 33.7 Å². The Kier molecular flexibility index (Phi) is 33.1. The summed E-state index contributed by atoms with van der Waals surface area (Å²) in [5.41, 5.74) is 24.0. The second kappa shape index (κ2) is 28.8. The minimum atomic E-state index is -1.27. The van der Waals surface area contributed by atoms with E-state index in [2.05, 4.69) is 111 Å². The van der Waals surface area contributed by atoms with Gasteiger partial charge in [0.15, 0.2) is 0 Å². The molecular formula is C29H39IK2N6O3Si2. The summed E-state index contributed by atoms with van der Waals surface area (Å²) in [5, 5.41) is 8.43. The van der Waals surface area contributed by atoms with Gasteiger partial charge < -0.3 is 28.8 Å². The molecule has 9 nitrogen and oxygen atoms in total. The molecule has 0 radical (unpaired) electrons. The largest absolute Gasteiger partial charge is 1.00 e. The maximum Gasteiger partial charge on any atom is 1.00 e. The molecule has 3 aromatic heterocycles. The molecule has 43 heavy (non-hydrogen) atoms. The first-order valence-electron chi connectivity index (χ1n) is 12.0. The number of nitrogen functional groups attached to an aromatic ring is 3. The standard InChI is InChI=1S/C10H14N2Si.C8H8N2.C5H5IN2.C5H10Si.CH2O3.2K.H/c1-13(2,3)7-6-9-4-5-10(11)12-8-9;1-2-3-7-4-5-8(9)10-6-7;6-4-1-2-5(7)8-3-4;1-5-6(2,3)4;2-1-4-3;;;/h4-5,8H,1-3H3,(H2,11,12);4-6H,1H3,(H2,9,10);1-3H,(H2,7,8);1H,2-4H3;1,3H;;;/q;;;;;2*+1;-1/p-1. The van der Waals surface area contributed by atoms with Crippen LogP contribution in [0.15, 0.2) is 55.0 Å². The van der Waals surface area contributed by atoms with Gasteiger partial charge in [-0.25, -0.2) is 15.0 Å². The minimum absolute atomic E-state index is 0. The fourth-order valence-corrected chi connectivity index (χ4v) is 2.59. The van der Waals surface area contributed by atoms with Gasteiger partial charge in [-0.3, -0.25) is 4.79 Å². The molecule has 0 bridgehead atoms. The Hall–Kier alpha value is -0.604. The number of rotatable bonds is 1. The zero-order valence-electron chi connectivity index (χ0n) is 27.5. The van der Waals surface area contributed by atoms with E-state index in [-0.39, 0.29) is 111 Å². The average molecular weight is 781 g/mol. The Labute approximate surface area is 359 Å². The predicted molar refractivity (Wildman–Crippen MR) is 182 cm³/mol. The Morgan fingerprint density at radius 2 is 1.19 bits per heavy atom. The molecule has 0 saturated heterocycles. The Morgan fingerprint density at radius 3 is 1.42 bits per heavy atom. The number of carbonyl (C=O) groups excluding carboxylic acids is 1. The summed E-state index contributed by atoms with van der Waals surface area (Å²) < 4.78 is 1.11. The Morgan fingerprint density at radius 1 is 0.814 bits per heavy atom. The summed E-state index contributed by atoms with van der Waals surface area (Å²) >= 11 is 2.18. The minimum Gasteiger partial charge on any atom is -1.00 e. The molecular weight excluding hydrogens is 742 g/mol. The molecule has 0 spiro atoms. The zero-order valence-corrected chi connectivity index (χ0v) is 36.9. The van der Waals surface area contributed by atoms with Crippen molar-refractivity contribution in [2.24, 2.45) is 0 Å². The summed E-state index contributed by atoms with van der Waals surface area (Å²) in [5.74, 6) is 10.4. The smallest absolute Gasteiger partial charge is 1.00 e. The molecule has 0 aliphatic heterocycles. The molecule has 3 aromatic rings. The first-order chi connectivity index (χ1) is 19.1. The van der Waals surface area contributed by atoms with Crippen LogP contribution in [-0.4, -0.2) is 37.6 Å². The molecule has 0 aliphatic carbocycles. The molecule has 0 aliphatic rings. The van der Waals surface area contributed by atoms with E-state index >= 15 is 0 Å². The number of anilines is 3. The van der Waals surface area contributed by atoms with Gasteiger partial charge in [-0.1, -0.05) is 51.1 Å². The van der Waals surface area contributed by atoms with Crippen LogP contribution in [0.4, 0.5) is 17.5 Å². The van der Waals surface area contributed by atoms with E-state index in [0.29, 0.717) is 17.5 Å². The van der Waals surface area contributed by atoms with Crippen molar-refractivity contribution in [2.75, 3.05) is 17.2 Å². The van der Waals surface area contributed by atoms with Crippen molar-refractivity contribution >= 4 is 62.7 Å². The molecule has 14 heteroatoms. The summed E-state index contributed by atoms with van der Waals surface area (Å²) in [6, 6.07) is 11.0. The number of carbonyl (C=O) groups is 1. The van der Waals surface area contributed by atoms with Gasteiger partial charge in [0.05, 0.1) is 0 Å². The van der Waals surface area contributed by atoms with Crippen LogP contribution in [0.3, 0.4) is 0 Å². The van der Waals surface area contributed by atoms with Gasteiger partial charge in [0.2, 0.25) is 0 Å². The van der Waals surface area contributed by atoms with Crippen LogP contribution >= 0.6 is 22.6 Å². The molecule has 0 saturated carbocycles. The number of halogens is 1. The molecule has 0 amide bonds. The number of pyridine rings is 3. The first-order valence-corrected chi connectivity index (χ1v) is 20.1. The van der Waals surface area contributed by atoms with E-state index in [1.165, 1.54) is 0 Å². The maximum atomic E-state index is 8.64. The van der Waals surface area contributed by atoms with Crippen LogP contribution in [-0.2, 0) is 9.68 Å². The molecule has 0 fully saturated rings. The summed E-state index contributed by atoms with van der Waals surface area (Å²) in [7, 11) is -2.38. The summed E-state index contributed by atoms with van der Waals surface area (Å²) in [4.78, 5) is 22.9. The van der Waals surface area contributed by atoms with E-state index in [0.717, 1.165) is 14.7 Å². The van der Waals surface area contributed by atoms with Gasteiger partial charge in [-0.2, -0.15) is 0 Å². The molecule has 0 unspecified atom stereocenters. The van der Waals surface area contributed by atoms with Gasteiger partial charge in [0.25, 0.3) is 6.47 Å². The van der Waals surface area contributed by atoms with Gasteiger partial charge >= 0.3 is 103 Å². The van der Waals surface area contributed by atoms with Crippen LogP contribution in [0, 0.1) is 38.8 Å². The van der Waals surface area contributed by atoms with Gasteiger partial charge in [0.1, 0.15) is 33.6 Å². The van der Waals surface area contributed by atoms with Crippen molar-refractivity contribution in [1.82, 2.24) is 15.0 Å². The van der Waals surface area contributed by atoms with E-state index in [1.54, 1.807) is 43.7 Å². The third-order valence-electron chi connectivity index (χ3n) is 3.65. The number of nitrogens with zero attached hydrogens (tertiary/aromatic N) is 3. The topological polar surface area (TPSA) is 166 Å². The van der Waals surface area contributed by atoms with Crippen LogP contribution in [0.5, 0.6) is 0 Å². The fourth-order valence-electron chi connectivity index (χ4n) is 1.75. The average Bonchev–Trinajstić information content (AvgIpc) is 2.92. The van der Waals surface area contributed by atoms with Gasteiger partial charge in [0, 0.05) is 33.3 Å². The van der Waals surface area contributed by atoms with E-state index < -0.39 is 16.1 Å². The molecule has 0 aromatic carbocycles. The van der Waals surface area contributed by atoms with Gasteiger partial charge in [-0.05, 0) is 65.9 Å². The Balaban J connectivity index is -0.000000148. The zero-order chi connectivity index (χ0) is 31.9. The predicted octanol–water partition coefficient (Wildman–Crippen LogP) is -1.75. The van der Waals surface area contributed by atoms with E-state index in [9.17, 15) is 0 Å². The number of aromatic nitrogens is 3. The van der Waals surface area contributed by atoms with Gasteiger partial charge in [-0.15, -0.1) is 23.4 Å². The van der Waals surface area contributed by atoms with Crippen molar-refractivity contribution in [2.45, 2.75) is 46.2 Å². The number of hydrogen-bond donors (Lipinski definition) is 3. The number of hydrogen-bond acceptors (Lipinski definition) is 9. The molecule has 6 N–H and O–H groups in total. The SMILES string of the molecule is C#C[Si](C)(C)C.CC#Cc1ccc(N)nc1.C[Si](C)(C)C#Cc1ccc(N)nc1.Nc1ccc(I)cn1.O=CO[O-].[H-].[K+].[K+]. The third-order valence-corrected chi connectivity index (χ3v) is 6.03. The van der Waals surface area contributed by atoms with E-state index in [1.807, 2.05) is 18.2 Å². The second-order valence-corrected chi connectivity index (χ2v) is 20.6. The third kappa shape index (κ3) is 35.7.